The van der Waals surface area contributed by atoms with E-state index in [9.17, 15) is 14.0 Å². The molecule has 0 saturated carbocycles. The first-order chi connectivity index (χ1) is 14.0. The first-order valence-corrected chi connectivity index (χ1v) is 9.21. The fourth-order valence-corrected chi connectivity index (χ4v) is 3.57. The summed E-state index contributed by atoms with van der Waals surface area (Å²) in [6.07, 6.45) is 1.86. The Morgan fingerprint density at radius 1 is 1.24 bits per heavy atom. The van der Waals surface area contributed by atoms with Crippen LogP contribution >= 0.6 is 0 Å². The summed E-state index contributed by atoms with van der Waals surface area (Å²) in [7, 11) is 0. The predicted octanol–water partition coefficient (Wildman–Crippen LogP) is 1.85. The Bertz CT molecular complexity index is 1020. The van der Waals surface area contributed by atoms with Crippen LogP contribution in [0.3, 0.4) is 0 Å². The van der Waals surface area contributed by atoms with E-state index in [0.29, 0.717) is 22.6 Å². The van der Waals surface area contributed by atoms with Gasteiger partial charge in [-0.25, -0.2) is 9.02 Å². The molecule has 1 aliphatic heterocycles. The van der Waals surface area contributed by atoms with Crippen LogP contribution in [0.5, 0.6) is 0 Å². The summed E-state index contributed by atoms with van der Waals surface area (Å²) in [5, 5.41) is 10.3. The van der Waals surface area contributed by atoms with Crippen LogP contribution in [0.2, 0.25) is 0 Å². The number of rotatable bonds is 6. The Kier molecular flexibility index (Phi) is 4.87. The average molecular weight is 397 g/mol. The first kappa shape index (κ1) is 18.9. The van der Waals surface area contributed by atoms with Gasteiger partial charge >= 0.3 is 0 Å². The number of nitrogens with zero attached hydrogens (tertiary/aromatic N) is 3. The second-order valence-electron chi connectivity index (χ2n) is 7.27. The molecule has 2 N–H and O–H groups in total. The highest BCUT2D eigenvalue weighted by Gasteiger charge is 2.51. The van der Waals surface area contributed by atoms with E-state index in [1.807, 2.05) is 0 Å². The minimum absolute atomic E-state index is 0.151. The summed E-state index contributed by atoms with van der Waals surface area (Å²) in [4.78, 5) is 30.1. The monoisotopic (exact) mass is 397 g/mol. The molecule has 0 bridgehead atoms. The molecule has 2 amide bonds. The zero-order valence-corrected chi connectivity index (χ0v) is 15.8. The molecule has 0 radical (unpaired) electrons. The number of H-pyrrole nitrogens is 1. The number of hydrogen-bond acceptors (Lipinski definition) is 5. The van der Waals surface area contributed by atoms with Gasteiger partial charge in [0.2, 0.25) is 5.91 Å². The summed E-state index contributed by atoms with van der Waals surface area (Å²) in [5.74, 6) is -0.826. The number of carbonyl (C=O) groups excluding carboxylic acids is 2. The maximum atomic E-state index is 14.2. The second-order valence-corrected chi connectivity index (χ2v) is 7.27. The Hall–Kier alpha value is -3.49. The van der Waals surface area contributed by atoms with Crippen LogP contribution in [0.1, 0.15) is 27.4 Å². The van der Waals surface area contributed by atoms with Gasteiger partial charge in [-0.3, -0.25) is 9.59 Å². The summed E-state index contributed by atoms with van der Waals surface area (Å²) in [5.41, 5.74) is 1.09. The number of nitrogens with one attached hydrogen (secondary N) is 2. The lowest BCUT2D eigenvalue weighted by atomic mass is 9.73. The zero-order chi connectivity index (χ0) is 20.4. The highest BCUT2D eigenvalue weighted by atomic mass is 19.1. The largest absolute Gasteiger partial charge is 0.357 e. The molecule has 1 aromatic carbocycles. The van der Waals surface area contributed by atoms with Gasteiger partial charge in [0.25, 0.3) is 5.91 Å². The number of aromatic amines is 1. The quantitative estimate of drug-likeness (QED) is 0.661. The predicted molar refractivity (Wildman–Crippen MR) is 100 cm³/mol. The van der Waals surface area contributed by atoms with Gasteiger partial charge in [-0.2, -0.15) is 0 Å². The van der Waals surface area contributed by atoms with E-state index in [-0.39, 0.29) is 43.7 Å². The molecule has 0 spiro atoms. The van der Waals surface area contributed by atoms with Crippen LogP contribution in [-0.2, 0) is 17.8 Å². The van der Waals surface area contributed by atoms with Crippen molar-refractivity contribution in [2.75, 3.05) is 13.1 Å². The van der Waals surface area contributed by atoms with Gasteiger partial charge in [-0.15, -0.1) is 0 Å². The van der Waals surface area contributed by atoms with Crippen LogP contribution < -0.4 is 5.32 Å². The minimum Gasteiger partial charge on any atom is -0.357 e. The van der Waals surface area contributed by atoms with E-state index in [1.54, 1.807) is 48.4 Å². The third kappa shape index (κ3) is 3.63. The minimum atomic E-state index is -0.921. The van der Waals surface area contributed by atoms with Gasteiger partial charge in [0.05, 0.1) is 12.0 Å². The lowest BCUT2D eigenvalue weighted by Crippen LogP contribution is -2.65. The van der Waals surface area contributed by atoms with Crippen molar-refractivity contribution in [1.29, 1.82) is 0 Å². The Morgan fingerprint density at radius 3 is 2.69 bits per heavy atom. The van der Waals surface area contributed by atoms with Crippen molar-refractivity contribution in [3.63, 3.8) is 0 Å². The molecule has 29 heavy (non-hydrogen) atoms. The standard InChI is InChI=1S/C20H20FN5O3/c1-13-17(25-29-24-13)10-23-19(28)20(9-14-5-2-3-6-15(14)21)11-26(12-20)18(27)16-7-4-8-22-16/h2-8,22H,9-12H2,1H3,(H,23,28). The molecule has 1 saturated heterocycles. The molecule has 3 heterocycles. The smallest absolute Gasteiger partial charge is 0.270 e. The normalized spacial score (nSPS) is 15.0. The molecule has 4 rings (SSSR count). The molecule has 0 aliphatic carbocycles. The van der Waals surface area contributed by atoms with Gasteiger partial charge in [0.15, 0.2) is 0 Å². The Balaban J connectivity index is 1.52. The van der Waals surface area contributed by atoms with Gasteiger partial charge in [-0.1, -0.05) is 28.5 Å². The maximum absolute atomic E-state index is 14.2. The zero-order valence-electron chi connectivity index (χ0n) is 15.8. The number of halogens is 1. The van der Waals surface area contributed by atoms with Crippen molar-refractivity contribution >= 4 is 11.8 Å². The number of carbonyl (C=O) groups is 2. The lowest BCUT2D eigenvalue weighted by Gasteiger charge is -2.48. The molecule has 0 atom stereocenters. The van der Waals surface area contributed by atoms with Gasteiger partial charge in [0, 0.05) is 19.3 Å². The maximum Gasteiger partial charge on any atom is 0.270 e. The average Bonchev–Trinajstić information content (AvgIpc) is 3.35. The second kappa shape index (κ2) is 7.50. The van der Waals surface area contributed by atoms with Gasteiger partial charge in [-0.05, 0) is 37.1 Å². The molecule has 3 aromatic rings. The number of benzene rings is 1. The number of likely N-dealkylation sites (tertiary alicyclic amines) is 1. The van der Waals surface area contributed by atoms with Crippen molar-refractivity contribution in [3.8, 4) is 0 Å². The number of amides is 2. The number of aromatic nitrogens is 3. The molecule has 1 aliphatic rings. The van der Waals surface area contributed by atoms with Gasteiger partial charge in [0.1, 0.15) is 22.9 Å². The van der Waals surface area contributed by atoms with Crippen molar-refractivity contribution in [1.82, 2.24) is 25.5 Å². The van der Waals surface area contributed by atoms with Crippen molar-refractivity contribution in [2.24, 2.45) is 5.41 Å². The molecule has 8 nitrogen and oxygen atoms in total. The topological polar surface area (TPSA) is 104 Å². The molecular formula is C20H20FN5O3. The summed E-state index contributed by atoms with van der Waals surface area (Å²) >= 11 is 0. The van der Waals surface area contributed by atoms with E-state index in [4.69, 9.17) is 0 Å². The van der Waals surface area contributed by atoms with E-state index in [2.05, 4.69) is 25.2 Å². The molecule has 9 heteroatoms. The Morgan fingerprint density at radius 2 is 2.03 bits per heavy atom. The Labute approximate surface area is 166 Å². The fraction of sp³-hybridized carbons (Fsp3) is 0.300. The van der Waals surface area contributed by atoms with E-state index in [0.717, 1.165) is 0 Å². The highest BCUT2D eigenvalue weighted by molar-refractivity contribution is 5.95. The van der Waals surface area contributed by atoms with Crippen LogP contribution in [0.25, 0.3) is 0 Å². The van der Waals surface area contributed by atoms with Crippen molar-refractivity contribution in [3.05, 3.63) is 71.1 Å². The van der Waals surface area contributed by atoms with Crippen LogP contribution in [-0.4, -0.2) is 45.1 Å². The highest BCUT2D eigenvalue weighted by Crippen LogP contribution is 2.36. The summed E-state index contributed by atoms with van der Waals surface area (Å²) < 4.78 is 18.9. The molecule has 0 unspecified atom stereocenters. The van der Waals surface area contributed by atoms with Crippen LogP contribution in [0.15, 0.2) is 47.2 Å². The van der Waals surface area contributed by atoms with Crippen molar-refractivity contribution < 1.29 is 18.6 Å². The molecule has 150 valence electrons. The summed E-state index contributed by atoms with van der Waals surface area (Å²) in [6, 6.07) is 9.78. The molecule has 2 aromatic heterocycles. The van der Waals surface area contributed by atoms with E-state index < -0.39 is 5.41 Å². The number of hydrogen-bond donors (Lipinski definition) is 2. The van der Waals surface area contributed by atoms with Crippen LogP contribution in [0.4, 0.5) is 4.39 Å². The van der Waals surface area contributed by atoms with Gasteiger partial charge < -0.3 is 15.2 Å². The first-order valence-electron chi connectivity index (χ1n) is 9.21. The third-order valence-corrected chi connectivity index (χ3v) is 5.23. The third-order valence-electron chi connectivity index (χ3n) is 5.23. The molecular weight excluding hydrogens is 377 g/mol. The van der Waals surface area contributed by atoms with Crippen molar-refractivity contribution in [2.45, 2.75) is 19.9 Å². The lowest BCUT2D eigenvalue weighted by molar-refractivity contribution is -0.139. The van der Waals surface area contributed by atoms with Crippen LogP contribution in [0, 0.1) is 18.2 Å². The number of aryl methyl sites for hydroxylation is 1. The van der Waals surface area contributed by atoms with E-state index in [1.165, 1.54) is 6.07 Å². The van der Waals surface area contributed by atoms with E-state index >= 15 is 0 Å². The summed E-state index contributed by atoms with van der Waals surface area (Å²) in [6.45, 7) is 2.27. The molecule has 1 fully saturated rings. The fourth-order valence-electron chi connectivity index (χ4n) is 3.57. The SMILES string of the molecule is Cc1nonc1CNC(=O)C1(Cc2ccccc2F)CN(C(=O)c2ccc[nH]2)C1.